The third-order valence-electron chi connectivity index (χ3n) is 2.89. The van der Waals surface area contributed by atoms with Crippen molar-refractivity contribution < 1.29 is 4.79 Å². The zero-order valence-electron chi connectivity index (χ0n) is 8.34. The highest BCUT2D eigenvalue weighted by atomic mass is 16.1. The van der Waals surface area contributed by atoms with Crippen LogP contribution in [0.2, 0.25) is 0 Å². The number of hydrogen-bond donors (Lipinski definition) is 0. The van der Waals surface area contributed by atoms with Crippen LogP contribution < -0.4 is 0 Å². The van der Waals surface area contributed by atoms with Crippen LogP contribution in [-0.4, -0.2) is 30.3 Å². The van der Waals surface area contributed by atoms with E-state index in [9.17, 15) is 4.79 Å². The molecule has 1 heterocycles. The lowest BCUT2D eigenvalue weighted by atomic mass is 9.88. The summed E-state index contributed by atoms with van der Waals surface area (Å²) in [5, 5.41) is 0. The zero-order chi connectivity index (χ0) is 9.14. The smallest absolute Gasteiger partial charge is 0.130 e. The Morgan fingerprint density at radius 2 is 2.25 bits per heavy atom. The summed E-state index contributed by atoms with van der Waals surface area (Å²) in [7, 11) is 2.16. The number of hydrogen-bond acceptors (Lipinski definition) is 2. The van der Waals surface area contributed by atoms with Gasteiger partial charge < -0.3 is 9.69 Å². The van der Waals surface area contributed by atoms with Gasteiger partial charge in [0.1, 0.15) is 5.78 Å². The van der Waals surface area contributed by atoms with Crippen LogP contribution in [0.5, 0.6) is 0 Å². The van der Waals surface area contributed by atoms with Gasteiger partial charge in [0.25, 0.3) is 0 Å². The number of likely N-dealkylation sites (tertiary alicyclic amines) is 1. The second-order valence-electron chi connectivity index (χ2n) is 4.13. The van der Waals surface area contributed by atoms with Crippen LogP contribution >= 0.6 is 0 Å². The Morgan fingerprint density at radius 3 is 2.75 bits per heavy atom. The average molecular weight is 169 g/mol. The van der Waals surface area contributed by atoms with Gasteiger partial charge in [-0.2, -0.15) is 0 Å². The number of rotatable bonds is 2. The molecule has 0 saturated carbocycles. The van der Waals surface area contributed by atoms with Crippen molar-refractivity contribution in [3.63, 3.8) is 0 Å². The molecular weight excluding hydrogens is 150 g/mol. The molecule has 0 aromatic rings. The van der Waals surface area contributed by atoms with Crippen LogP contribution in [0.3, 0.4) is 0 Å². The lowest BCUT2D eigenvalue weighted by Gasteiger charge is -2.34. The molecule has 1 aliphatic rings. The first-order valence-electron chi connectivity index (χ1n) is 4.79. The fraction of sp³-hybridized carbons (Fsp3) is 0.900. The highest BCUT2D eigenvalue weighted by Crippen LogP contribution is 2.24. The average Bonchev–Trinajstić information content (AvgIpc) is 1.96. The first-order valence-corrected chi connectivity index (χ1v) is 4.79. The summed E-state index contributed by atoms with van der Waals surface area (Å²) in [6.45, 7) is 5.09. The summed E-state index contributed by atoms with van der Waals surface area (Å²) < 4.78 is 0. The van der Waals surface area contributed by atoms with Gasteiger partial charge >= 0.3 is 0 Å². The van der Waals surface area contributed by atoms with Crippen molar-refractivity contribution in [3.8, 4) is 0 Å². The maximum atomic E-state index is 10.9. The van der Waals surface area contributed by atoms with Crippen molar-refractivity contribution in [3.05, 3.63) is 0 Å². The Bertz CT molecular complexity index is 167. The molecule has 1 saturated heterocycles. The van der Waals surface area contributed by atoms with E-state index in [2.05, 4.69) is 18.9 Å². The summed E-state index contributed by atoms with van der Waals surface area (Å²) in [6, 6.07) is 0.656. The minimum absolute atomic E-state index is 0.344. The summed E-state index contributed by atoms with van der Waals surface area (Å²) in [5.41, 5.74) is 0. The van der Waals surface area contributed by atoms with Crippen molar-refractivity contribution in [2.45, 2.75) is 39.2 Å². The summed E-state index contributed by atoms with van der Waals surface area (Å²) in [6.07, 6.45) is 3.18. The largest absolute Gasteiger partial charge is 0.304 e. The predicted molar refractivity (Wildman–Crippen MR) is 50.1 cm³/mol. The first-order chi connectivity index (χ1) is 5.59. The van der Waals surface area contributed by atoms with Crippen LogP contribution in [0.15, 0.2) is 0 Å². The number of ketones is 1. The number of nitrogens with zero attached hydrogens (tertiary/aromatic N) is 1. The van der Waals surface area contributed by atoms with E-state index in [1.165, 1.54) is 12.8 Å². The van der Waals surface area contributed by atoms with Crippen LogP contribution in [0.4, 0.5) is 0 Å². The molecule has 12 heavy (non-hydrogen) atoms. The second kappa shape index (κ2) is 4.04. The third kappa shape index (κ3) is 2.59. The fourth-order valence-electron chi connectivity index (χ4n) is 1.98. The van der Waals surface area contributed by atoms with Crippen molar-refractivity contribution in [1.29, 1.82) is 0 Å². The minimum Gasteiger partial charge on any atom is -0.304 e. The highest BCUT2D eigenvalue weighted by molar-refractivity contribution is 5.75. The van der Waals surface area contributed by atoms with Gasteiger partial charge in [-0.3, -0.25) is 0 Å². The third-order valence-corrected chi connectivity index (χ3v) is 2.89. The van der Waals surface area contributed by atoms with E-state index < -0.39 is 0 Å². The molecule has 2 nitrogen and oxygen atoms in total. The topological polar surface area (TPSA) is 20.3 Å². The van der Waals surface area contributed by atoms with Gasteiger partial charge in [-0.05, 0) is 46.2 Å². The van der Waals surface area contributed by atoms with Crippen molar-refractivity contribution in [2.24, 2.45) is 5.92 Å². The lowest BCUT2D eigenvalue weighted by Crippen LogP contribution is -2.38. The molecule has 2 heteroatoms. The predicted octanol–water partition coefficient (Wildman–Crippen LogP) is 1.70. The first kappa shape index (κ1) is 9.72. The van der Waals surface area contributed by atoms with E-state index in [0.29, 0.717) is 17.7 Å². The van der Waals surface area contributed by atoms with Crippen molar-refractivity contribution >= 4 is 5.78 Å². The Kier molecular flexibility index (Phi) is 3.27. The minimum atomic E-state index is 0.344. The monoisotopic (exact) mass is 169 g/mol. The number of carbonyl (C=O) groups excluding carboxylic acids is 1. The molecule has 0 aromatic carbocycles. The normalized spacial score (nSPS) is 31.9. The molecule has 0 amide bonds. The maximum absolute atomic E-state index is 10.9. The van der Waals surface area contributed by atoms with E-state index in [1.54, 1.807) is 6.92 Å². The van der Waals surface area contributed by atoms with Gasteiger partial charge in [-0.25, -0.2) is 0 Å². The maximum Gasteiger partial charge on any atom is 0.130 e. The standard InChI is InChI=1S/C10H19NO/c1-8-6-10(7-9(2)12)4-5-11(8)3/h8,10H,4-7H2,1-3H3. The fourth-order valence-corrected chi connectivity index (χ4v) is 1.98. The highest BCUT2D eigenvalue weighted by Gasteiger charge is 2.23. The second-order valence-corrected chi connectivity index (χ2v) is 4.13. The summed E-state index contributed by atoms with van der Waals surface area (Å²) in [5.74, 6) is 0.991. The molecular formula is C10H19NO. The summed E-state index contributed by atoms with van der Waals surface area (Å²) in [4.78, 5) is 13.3. The molecule has 2 unspecified atom stereocenters. The van der Waals surface area contributed by atoms with Crippen LogP contribution in [0, 0.1) is 5.92 Å². The number of carbonyl (C=O) groups is 1. The molecule has 1 rings (SSSR count). The van der Waals surface area contributed by atoms with Crippen molar-refractivity contribution in [1.82, 2.24) is 4.90 Å². The Labute approximate surface area is 74.9 Å². The van der Waals surface area contributed by atoms with Gasteiger partial charge in [-0.15, -0.1) is 0 Å². The molecule has 70 valence electrons. The molecule has 0 radical (unpaired) electrons. The Morgan fingerprint density at radius 1 is 1.58 bits per heavy atom. The molecule has 0 aliphatic carbocycles. The summed E-state index contributed by atoms with van der Waals surface area (Å²) >= 11 is 0. The van der Waals surface area contributed by atoms with Gasteiger partial charge in [0.05, 0.1) is 0 Å². The SMILES string of the molecule is CC(=O)CC1CCN(C)C(C)C1. The van der Waals surface area contributed by atoms with Crippen LogP contribution in [0.25, 0.3) is 0 Å². The van der Waals surface area contributed by atoms with Gasteiger partial charge in [0, 0.05) is 12.5 Å². The van der Waals surface area contributed by atoms with Gasteiger partial charge in [0.2, 0.25) is 0 Å². The van der Waals surface area contributed by atoms with Crippen LogP contribution in [-0.2, 0) is 4.79 Å². The molecule has 0 spiro atoms. The molecule has 0 N–H and O–H groups in total. The van der Waals surface area contributed by atoms with E-state index in [4.69, 9.17) is 0 Å². The van der Waals surface area contributed by atoms with E-state index in [-0.39, 0.29) is 0 Å². The zero-order valence-corrected chi connectivity index (χ0v) is 8.34. The molecule has 0 aromatic heterocycles. The van der Waals surface area contributed by atoms with E-state index >= 15 is 0 Å². The lowest BCUT2D eigenvalue weighted by molar-refractivity contribution is -0.118. The quantitative estimate of drug-likeness (QED) is 0.627. The Balaban J connectivity index is 2.35. The number of piperidine rings is 1. The van der Waals surface area contributed by atoms with Crippen molar-refractivity contribution in [2.75, 3.05) is 13.6 Å². The van der Waals surface area contributed by atoms with Crippen LogP contribution in [0.1, 0.15) is 33.1 Å². The van der Waals surface area contributed by atoms with Gasteiger partial charge in [0.15, 0.2) is 0 Å². The molecule has 0 bridgehead atoms. The number of Topliss-reactive ketones (excluding diaryl/α,β-unsaturated/α-hetero) is 1. The molecule has 2 atom stereocenters. The van der Waals surface area contributed by atoms with Gasteiger partial charge in [-0.1, -0.05) is 0 Å². The van der Waals surface area contributed by atoms with E-state index in [0.717, 1.165) is 13.0 Å². The Hall–Kier alpha value is -0.370. The van der Waals surface area contributed by atoms with E-state index in [1.807, 2.05) is 0 Å². The molecule has 1 fully saturated rings. The molecule has 1 aliphatic heterocycles.